The fourth-order valence-electron chi connectivity index (χ4n) is 4.35. The van der Waals surface area contributed by atoms with Gasteiger partial charge in [0.25, 0.3) is 0 Å². The molecule has 1 aliphatic rings. The van der Waals surface area contributed by atoms with Crippen molar-refractivity contribution in [2.45, 2.75) is 58.7 Å². The average molecular weight is 433 g/mol. The van der Waals surface area contributed by atoms with Crippen molar-refractivity contribution in [2.24, 2.45) is 0 Å². The lowest BCUT2D eigenvalue weighted by atomic mass is 9.88. The summed E-state index contributed by atoms with van der Waals surface area (Å²) in [5.41, 5.74) is 5.46. The Bertz CT molecular complexity index is 1230. The third-order valence-corrected chi connectivity index (χ3v) is 7.03. The number of anilines is 1. The predicted octanol–water partition coefficient (Wildman–Crippen LogP) is 6.36. The minimum atomic E-state index is -0.211. The van der Waals surface area contributed by atoms with E-state index in [-0.39, 0.29) is 5.60 Å². The molecule has 5 nitrogen and oxygen atoms in total. The van der Waals surface area contributed by atoms with E-state index in [1.807, 2.05) is 6.07 Å². The maximum Gasteiger partial charge on any atom is 0.147 e. The van der Waals surface area contributed by atoms with E-state index in [4.69, 9.17) is 14.7 Å². The molecule has 0 aliphatic carbocycles. The van der Waals surface area contributed by atoms with Crippen molar-refractivity contribution in [3.8, 4) is 11.3 Å². The molecule has 0 unspecified atom stereocenters. The molecule has 1 N–H and O–H groups in total. The van der Waals surface area contributed by atoms with Gasteiger partial charge in [-0.3, -0.25) is 0 Å². The minimum absolute atomic E-state index is 0.211. The van der Waals surface area contributed by atoms with Gasteiger partial charge in [-0.05, 0) is 25.8 Å². The van der Waals surface area contributed by atoms with Crippen molar-refractivity contribution in [2.75, 3.05) is 11.9 Å². The highest BCUT2D eigenvalue weighted by atomic mass is 32.1. The summed E-state index contributed by atoms with van der Waals surface area (Å²) >= 11 is 1.69. The molecule has 0 radical (unpaired) electrons. The maximum absolute atomic E-state index is 6.21. The third-order valence-electron chi connectivity index (χ3n) is 5.95. The van der Waals surface area contributed by atoms with Crippen LogP contribution in [0.15, 0.2) is 36.7 Å². The minimum Gasteiger partial charge on any atom is -0.370 e. The SMILES string of the molecule is CCCCCNc1ncnc2c1sc1nc(-c3ccccc3)c3c(c12)CC(C)(C)OC3. The van der Waals surface area contributed by atoms with Crippen molar-refractivity contribution in [3.05, 3.63) is 47.8 Å². The van der Waals surface area contributed by atoms with Gasteiger partial charge in [0.15, 0.2) is 0 Å². The van der Waals surface area contributed by atoms with Gasteiger partial charge in [-0.2, -0.15) is 0 Å². The van der Waals surface area contributed by atoms with Crippen LogP contribution in [0, 0.1) is 0 Å². The lowest BCUT2D eigenvalue weighted by Gasteiger charge is -2.33. The van der Waals surface area contributed by atoms with Gasteiger partial charge in [0.1, 0.15) is 17.0 Å². The Morgan fingerprint density at radius 1 is 1.10 bits per heavy atom. The highest BCUT2D eigenvalue weighted by molar-refractivity contribution is 7.26. The second kappa shape index (κ2) is 8.17. The zero-order valence-electron chi connectivity index (χ0n) is 18.4. The molecule has 0 amide bonds. The van der Waals surface area contributed by atoms with Crippen LogP contribution in [0.1, 0.15) is 51.2 Å². The number of nitrogens with one attached hydrogen (secondary N) is 1. The highest BCUT2D eigenvalue weighted by Gasteiger charge is 2.32. The van der Waals surface area contributed by atoms with Crippen LogP contribution in [0.25, 0.3) is 31.7 Å². The quantitative estimate of drug-likeness (QED) is 0.359. The number of pyridine rings is 1. The molecule has 0 fully saturated rings. The van der Waals surface area contributed by atoms with Gasteiger partial charge >= 0.3 is 0 Å². The molecule has 160 valence electrons. The molecule has 5 rings (SSSR count). The van der Waals surface area contributed by atoms with E-state index in [0.29, 0.717) is 6.61 Å². The zero-order chi connectivity index (χ0) is 21.4. The summed E-state index contributed by atoms with van der Waals surface area (Å²) in [6.45, 7) is 8.04. The number of nitrogens with zero attached hydrogens (tertiary/aromatic N) is 3. The number of aromatic nitrogens is 3. The van der Waals surface area contributed by atoms with Gasteiger partial charge in [0.05, 0.1) is 28.1 Å². The average Bonchev–Trinajstić information content (AvgIpc) is 3.15. The fourth-order valence-corrected chi connectivity index (χ4v) is 5.47. The summed E-state index contributed by atoms with van der Waals surface area (Å²) in [5, 5.41) is 4.70. The number of fused-ring (bicyclic) bond motifs is 5. The van der Waals surface area contributed by atoms with Gasteiger partial charge < -0.3 is 10.1 Å². The molecule has 1 aromatic carbocycles. The Labute approximate surface area is 186 Å². The van der Waals surface area contributed by atoms with E-state index in [0.717, 1.165) is 51.5 Å². The normalized spacial score (nSPS) is 15.3. The number of ether oxygens (including phenoxy) is 1. The lowest BCUT2D eigenvalue weighted by Crippen LogP contribution is -2.32. The maximum atomic E-state index is 6.21. The molecule has 4 aromatic rings. The van der Waals surface area contributed by atoms with Crippen molar-refractivity contribution < 1.29 is 4.74 Å². The second-order valence-corrected chi connectivity index (χ2v) is 9.82. The largest absolute Gasteiger partial charge is 0.370 e. The zero-order valence-corrected chi connectivity index (χ0v) is 19.2. The molecule has 0 saturated heterocycles. The predicted molar refractivity (Wildman–Crippen MR) is 129 cm³/mol. The molecule has 0 saturated carbocycles. The first kappa shape index (κ1) is 20.3. The van der Waals surface area contributed by atoms with Crippen LogP contribution in [0.3, 0.4) is 0 Å². The van der Waals surface area contributed by atoms with Gasteiger partial charge in [0, 0.05) is 29.5 Å². The fraction of sp³-hybridized carbons (Fsp3) is 0.400. The summed E-state index contributed by atoms with van der Waals surface area (Å²) in [6.07, 6.45) is 6.09. The van der Waals surface area contributed by atoms with Crippen LogP contribution in [0.4, 0.5) is 5.82 Å². The van der Waals surface area contributed by atoms with E-state index >= 15 is 0 Å². The Morgan fingerprint density at radius 3 is 2.74 bits per heavy atom. The second-order valence-electron chi connectivity index (χ2n) is 8.82. The Morgan fingerprint density at radius 2 is 1.94 bits per heavy atom. The smallest absolute Gasteiger partial charge is 0.147 e. The molecule has 4 heterocycles. The first-order valence-electron chi connectivity index (χ1n) is 11.1. The summed E-state index contributed by atoms with van der Waals surface area (Å²) in [4.78, 5) is 15.4. The summed E-state index contributed by atoms with van der Waals surface area (Å²) in [6, 6.07) is 10.4. The van der Waals surface area contributed by atoms with Gasteiger partial charge in [0.2, 0.25) is 0 Å². The van der Waals surface area contributed by atoms with Crippen molar-refractivity contribution in [3.63, 3.8) is 0 Å². The summed E-state index contributed by atoms with van der Waals surface area (Å²) in [7, 11) is 0. The van der Waals surface area contributed by atoms with Crippen LogP contribution in [-0.2, 0) is 17.8 Å². The number of thiophene rings is 1. The topological polar surface area (TPSA) is 59.9 Å². The van der Waals surface area contributed by atoms with Crippen molar-refractivity contribution in [1.82, 2.24) is 15.0 Å². The number of rotatable bonds is 6. The summed E-state index contributed by atoms with van der Waals surface area (Å²) in [5.74, 6) is 0.922. The molecular weight excluding hydrogens is 404 g/mol. The van der Waals surface area contributed by atoms with Gasteiger partial charge in [-0.25, -0.2) is 15.0 Å². The Balaban J connectivity index is 1.71. The van der Waals surface area contributed by atoms with E-state index < -0.39 is 0 Å². The van der Waals surface area contributed by atoms with Crippen LogP contribution in [0.5, 0.6) is 0 Å². The Kier molecular flexibility index (Phi) is 5.36. The van der Waals surface area contributed by atoms with Crippen LogP contribution < -0.4 is 5.32 Å². The lowest BCUT2D eigenvalue weighted by molar-refractivity contribution is -0.0394. The third kappa shape index (κ3) is 3.79. The number of benzene rings is 1. The van der Waals surface area contributed by atoms with E-state index in [1.165, 1.54) is 29.4 Å². The van der Waals surface area contributed by atoms with Crippen LogP contribution in [-0.4, -0.2) is 27.1 Å². The standard InChI is InChI=1S/C25H28N4OS/c1-4-5-9-12-26-23-22-21(27-15-28-23)19-17-13-25(2,3)30-14-18(17)20(29-24(19)31-22)16-10-7-6-8-11-16/h6-8,10-11,15H,4-5,9,12-14H2,1-3H3,(H,26,27,28). The molecule has 1 aliphatic heterocycles. The van der Waals surface area contributed by atoms with E-state index in [1.54, 1.807) is 17.7 Å². The number of unbranched alkanes of at least 4 members (excludes halogenated alkanes) is 2. The monoisotopic (exact) mass is 432 g/mol. The molecular formula is C25H28N4OS. The molecule has 0 bridgehead atoms. The molecule has 6 heteroatoms. The first-order chi connectivity index (χ1) is 15.1. The first-order valence-corrected chi connectivity index (χ1v) is 11.9. The molecule has 31 heavy (non-hydrogen) atoms. The van der Waals surface area contributed by atoms with Crippen molar-refractivity contribution in [1.29, 1.82) is 0 Å². The van der Waals surface area contributed by atoms with E-state index in [2.05, 4.69) is 55.3 Å². The molecule has 3 aromatic heterocycles. The number of hydrogen-bond acceptors (Lipinski definition) is 6. The van der Waals surface area contributed by atoms with Gasteiger partial charge in [-0.15, -0.1) is 11.3 Å². The highest BCUT2D eigenvalue weighted by Crippen LogP contribution is 2.43. The molecule has 0 atom stereocenters. The van der Waals surface area contributed by atoms with Crippen molar-refractivity contribution >= 4 is 37.6 Å². The van der Waals surface area contributed by atoms with Gasteiger partial charge in [-0.1, -0.05) is 50.1 Å². The Hall–Kier alpha value is -2.57. The summed E-state index contributed by atoms with van der Waals surface area (Å²) < 4.78 is 7.31. The van der Waals surface area contributed by atoms with E-state index in [9.17, 15) is 0 Å². The molecule has 0 spiro atoms. The number of hydrogen-bond donors (Lipinski definition) is 1. The van der Waals surface area contributed by atoms with Crippen LogP contribution in [0.2, 0.25) is 0 Å². The van der Waals surface area contributed by atoms with Crippen LogP contribution >= 0.6 is 11.3 Å².